The second-order valence-electron chi connectivity index (χ2n) is 8.77. The van der Waals surface area contributed by atoms with Crippen LogP contribution in [0, 0.1) is 23.3 Å². The van der Waals surface area contributed by atoms with Crippen molar-refractivity contribution >= 4 is 39.5 Å². The molecule has 0 aliphatic heterocycles. The van der Waals surface area contributed by atoms with Crippen LogP contribution in [0.25, 0.3) is 22.3 Å². The first-order chi connectivity index (χ1) is 21.6. The van der Waals surface area contributed by atoms with Crippen molar-refractivity contribution in [2.75, 3.05) is 21.3 Å². The quantitative estimate of drug-likeness (QED) is 0.101. The number of rotatable bonds is 7. The molecule has 5 aromatic carbocycles. The predicted molar refractivity (Wildman–Crippen MR) is 187 cm³/mol. The first-order valence-electron chi connectivity index (χ1n) is 13.0. The number of hydrogen-bond acceptors (Lipinski definition) is 5. The largest absolute Gasteiger partial charge is 0.569 e. The number of benzene rings is 5. The highest BCUT2D eigenvalue weighted by atomic mass is 79.9. The van der Waals surface area contributed by atoms with Gasteiger partial charge in [-0.05, 0) is 80.4 Å². The molecule has 5 nitrogen and oxygen atoms in total. The van der Waals surface area contributed by atoms with Gasteiger partial charge in [0.15, 0.2) is 5.75 Å². The number of methoxy groups -OCH3 is 3. The summed E-state index contributed by atoms with van der Waals surface area (Å²) in [6.45, 7) is 0. The molecule has 0 unspecified atom stereocenters. The molecule has 0 aliphatic carbocycles. The van der Waals surface area contributed by atoms with Gasteiger partial charge in [-0.2, -0.15) is 0 Å². The molecule has 5 rings (SSSR count). The van der Waals surface area contributed by atoms with Crippen LogP contribution < -0.4 is 18.9 Å². The Morgan fingerprint density at radius 1 is 0.489 bits per heavy atom. The standard InChI is InChI=1S/C20H16F2O2.C7H8BO3.C6H2Br2F2.2CH4/c1-23-19-9-5-3-7-13(19)15-11-18(22)16(12-17(15)21)14-8-4-6-10-20(14)24-2;1-10-6-4-2-3-5-7(6)11-8-9;7-3-1-5(9)4(8)2-6(3)10;;/h3-12H,1-2H3;2-5,9H,1H3;1-2H;2*1H4. The second kappa shape index (κ2) is 20.3. The van der Waals surface area contributed by atoms with Crippen LogP contribution in [-0.4, -0.2) is 34.0 Å². The Labute approximate surface area is 290 Å². The molecule has 0 aromatic heterocycles. The summed E-state index contributed by atoms with van der Waals surface area (Å²) in [4.78, 5) is 0. The molecule has 1 N–H and O–H groups in total. The van der Waals surface area contributed by atoms with Crippen LogP contribution >= 0.6 is 31.9 Å². The third-order valence-electron chi connectivity index (χ3n) is 6.06. The molecule has 5 aromatic rings. The van der Waals surface area contributed by atoms with Gasteiger partial charge in [0.2, 0.25) is 0 Å². The number of ether oxygens (including phenoxy) is 3. The fourth-order valence-corrected chi connectivity index (χ4v) is 4.60. The van der Waals surface area contributed by atoms with Crippen LogP contribution in [0.4, 0.5) is 17.6 Å². The van der Waals surface area contributed by atoms with E-state index in [1.807, 2.05) is 6.07 Å². The summed E-state index contributed by atoms with van der Waals surface area (Å²) in [5.74, 6) is 0.0575. The number of hydrogen-bond donors (Lipinski definition) is 1. The normalized spacial score (nSPS) is 9.57. The lowest BCUT2D eigenvalue weighted by Gasteiger charge is -2.13. The van der Waals surface area contributed by atoms with Crippen molar-refractivity contribution in [2.24, 2.45) is 0 Å². The lowest BCUT2D eigenvalue weighted by Crippen LogP contribution is -2.01. The van der Waals surface area contributed by atoms with E-state index in [1.165, 1.54) is 26.4 Å². The Morgan fingerprint density at radius 3 is 1.19 bits per heavy atom. The van der Waals surface area contributed by atoms with E-state index in [0.29, 0.717) is 41.8 Å². The Bertz CT molecular complexity index is 1600. The third-order valence-corrected chi connectivity index (χ3v) is 7.28. The summed E-state index contributed by atoms with van der Waals surface area (Å²) in [5.41, 5.74) is 1.32. The summed E-state index contributed by atoms with van der Waals surface area (Å²) in [7, 11) is 5.16. The van der Waals surface area contributed by atoms with Gasteiger partial charge >= 0.3 is 7.69 Å². The van der Waals surface area contributed by atoms with Crippen LogP contribution in [-0.2, 0) is 0 Å². The second-order valence-corrected chi connectivity index (χ2v) is 10.5. The molecule has 0 spiro atoms. The van der Waals surface area contributed by atoms with E-state index in [1.54, 1.807) is 73.8 Å². The van der Waals surface area contributed by atoms with Gasteiger partial charge in [0.25, 0.3) is 0 Å². The summed E-state index contributed by atoms with van der Waals surface area (Å²) in [6.07, 6.45) is 0. The van der Waals surface area contributed by atoms with E-state index < -0.39 is 23.3 Å². The van der Waals surface area contributed by atoms with E-state index in [4.69, 9.17) is 23.9 Å². The monoisotopic (exact) mass is 779 g/mol. The van der Waals surface area contributed by atoms with E-state index >= 15 is 0 Å². The Kier molecular flexibility index (Phi) is 17.7. The van der Waals surface area contributed by atoms with Crippen LogP contribution in [0.3, 0.4) is 0 Å². The molecular weight excluding hydrogens is 747 g/mol. The molecule has 47 heavy (non-hydrogen) atoms. The topological polar surface area (TPSA) is 57.2 Å². The minimum absolute atomic E-state index is 0. The highest BCUT2D eigenvalue weighted by molar-refractivity contribution is 9.11. The van der Waals surface area contributed by atoms with Gasteiger partial charge in [0, 0.05) is 22.3 Å². The molecule has 0 bridgehead atoms. The van der Waals surface area contributed by atoms with Crippen molar-refractivity contribution < 1.29 is 41.5 Å². The zero-order valence-electron chi connectivity index (χ0n) is 24.2. The van der Waals surface area contributed by atoms with Gasteiger partial charge < -0.3 is 23.9 Å². The van der Waals surface area contributed by atoms with E-state index in [0.717, 1.165) is 12.1 Å². The number of halogens is 6. The lowest BCUT2D eigenvalue weighted by molar-refractivity contribution is 0.381. The van der Waals surface area contributed by atoms with Crippen LogP contribution in [0.15, 0.2) is 106 Å². The Balaban J connectivity index is 0.000000401. The minimum atomic E-state index is -0.526. The fourth-order valence-electron chi connectivity index (χ4n) is 3.97. The van der Waals surface area contributed by atoms with Gasteiger partial charge in [-0.15, -0.1) is 0 Å². The zero-order chi connectivity index (χ0) is 32.9. The van der Waals surface area contributed by atoms with E-state index in [2.05, 4.69) is 31.9 Å². The van der Waals surface area contributed by atoms with Gasteiger partial charge in [-0.1, -0.05) is 63.4 Å². The average molecular weight is 781 g/mol. The summed E-state index contributed by atoms with van der Waals surface area (Å²) < 4.78 is 74.8. The van der Waals surface area contributed by atoms with E-state index in [-0.39, 0.29) is 34.9 Å². The average Bonchev–Trinajstić information content (AvgIpc) is 3.05. The van der Waals surface area contributed by atoms with Crippen molar-refractivity contribution in [3.63, 3.8) is 0 Å². The third kappa shape index (κ3) is 11.0. The van der Waals surface area contributed by atoms with Crippen LogP contribution in [0.2, 0.25) is 0 Å². The summed E-state index contributed by atoms with van der Waals surface area (Å²) >= 11 is 5.69. The molecule has 0 saturated carbocycles. The minimum Gasteiger partial charge on any atom is -0.535 e. The maximum absolute atomic E-state index is 14.7. The van der Waals surface area contributed by atoms with Crippen LogP contribution in [0.5, 0.6) is 23.0 Å². The van der Waals surface area contributed by atoms with Crippen molar-refractivity contribution in [1.29, 1.82) is 0 Å². The molecule has 1 radical (unpaired) electrons. The molecule has 249 valence electrons. The van der Waals surface area contributed by atoms with Crippen molar-refractivity contribution in [3.05, 3.63) is 129 Å². The maximum atomic E-state index is 14.7. The Hall–Kier alpha value is -4.00. The molecule has 0 saturated heterocycles. The first kappa shape index (κ1) is 41.0. The molecule has 0 aliphatic rings. The first-order valence-corrected chi connectivity index (χ1v) is 14.5. The Morgan fingerprint density at radius 2 is 0.830 bits per heavy atom. The number of para-hydroxylation sites is 4. The van der Waals surface area contributed by atoms with Gasteiger partial charge in [0.1, 0.15) is 40.5 Å². The predicted octanol–water partition coefficient (Wildman–Crippen LogP) is 10.7. The lowest BCUT2D eigenvalue weighted by atomic mass is 9.98. The fraction of sp³-hybridized carbons (Fsp3) is 0.143. The summed E-state index contributed by atoms with van der Waals surface area (Å²) in [5, 5.41) is 8.34. The smallest absolute Gasteiger partial charge is 0.535 e. The molecule has 0 fully saturated rings. The van der Waals surface area contributed by atoms with Gasteiger partial charge in [-0.3, -0.25) is 0 Å². The maximum Gasteiger partial charge on any atom is 0.569 e. The molecule has 0 amide bonds. The van der Waals surface area contributed by atoms with Crippen molar-refractivity contribution in [2.45, 2.75) is 14.9 Å². The van der Waals surface area contributed by atoms with Crippen molar-refractivity contribution in [1.82, 2.24) is 0 Å². The van der Waals surface area contributed by atoms with E-state index in [9.17, 15) is 17.6 Å². The highest BCUT2D eigenvalue weighted by Gasteiger charge is 2.17. The van der Waals surface area contributed by atoms with Crippen LogP contribution in [0.1, 0.15) is 14.9 Å². The summed E-state index contributed by atoms with van der Waals surface area (Å²) in [6, 6.07) is 25.4. The SMILES string of the molecule is C.C.COc1ccccc1-c1cc(F)c(-c2ccccc2OC)cc1F.COc1ccccc1O[B]O.Fc1cc(Br)c(F)cc1Br. The molecule has 12 heteroatoms. The van der Waals surface area contributed by atoms with Gasteiger partial charge in [-0.25, -0.2) is 17.6 Å². The molecule has 0 atom stereocenters. The van der Waals surface area contributed by atoms with Gasteiger partial charge in [0.05, 0.1) is 30.3 Å². The molecular formula is C35H34BBr2F4O5. The highest BCUT2D eigenvalue weighted by Crippen LogP contribution is 2.37. The molecule has 0 heterocycles. The van der Waals surface area contributed by atoms with Crippen molar-refractivity contribution in [3.8, 4) is 45.3 Å². The zero-order valence-corrected chi connectivity index (χ0v) is 27.3.